The van der Waals surface area contributed by atoms with Gasteiger partial charge in [0.25, 0.3) is 0 Å². The number of rotatable bonds is 1. The number of hydrogen-bond acceptors (Lipinski definition) is 1. The summed E-state index contributed by atoms with van der Waals surface area (Å²) >= 11 is 6.00. The van der Waals surface area contributed by atoms with Gasteiger partial charge in [0.05, 0.1) is 11.7 Å². The zero-order valence-electron chi connectivity index (χ0n) is 9.39. The Hall–Kier alpha value is -1.80. The van der Waals surface area contributed by atoms with Crippen molar-refractivity contribution in [1.29, 1.82) is 0 Å². The zero-order chi connectivity index (χ0) is 11.8. The smallest absolute Gasteiger partial charge is 0.144 e. The SMILES string of the molecule is Cc1ccn2c(-c3cccc(Cl)c3)ncc2c1. The van der Waals surface area contributed by atoms with Crippen LogP contribution in [0.1, 0.15) is 5.56 Å². The third kappa shape index (κ3) is 1.81. The summed E-state index contributed by atoms with van der Waals surface area (Å²) in [5.41, 5.74) is 3.36. The Morgan fingerprint density at radius 1 is 1.18 bits per heavy atom. The molecule has 0 saturated carbocycles. The maximum atomic E-state index is 6.00. The standard InChI is InChI=1S/C14H11ClN2/c1-10-5-6-17-13(7-10)9-16-14(17)11-3-2-4-12(15)8-11/h2-9H,1H3. The molecule has 0 unspecified atom stereocenters. The van der Waals surface area contributed by atoms with Gasteiger partial charge in [-0.05, 0) is 36.8 Å². The summed E-state index contributed by atoms with van der Waals surface area (Å²) in [6.07, 6.45) is 3.91. The molecule has 0 aliphatic heterocycles. The monoisotopic (exact) mass is 242 g/mol. The number of fused-ring (bicyclic) bond motifs is 1. The molecule has 3 rings (SSSR count). The summed E-state index contributed by atoms with van der Waals surface area (Å²) in [6.45, 7) is 2.08. The number of pyridine rings is 1. The molecule has 3 aromatic rings. The summed E-state index contributed by atoms with van der Waals surface area (Å²) in [7, 11) is 0. The highest BCUT2D eigenvalue weighted by Gasteiger charge is 2.06. The molecule has 2 nitrogen and oxygen atoms in total. The highest BCUT2D eigenvalue weighted by atomic mass is 35.5. The molecule has 0 aliphatic carbocycles. The van der Waals surface area contributed by atoms with Gasteiger partial charge in [0, 0.05) is 16.8 Å². The van der Waals surface area contributed by atoms with Gasteiger partial charge in [-0.3, -0.25) is 4.40 Å². The largest absolute Gasteiger partial charge is 0.300 e. The van der Waals surface area contributed by atoms with Crippen molar-refractivity contribution in [2.75, 3.05) is 0 Å². The molecule has 0 saturated heterocycles. The fourth-order valence-corrected chi connectivity index (χ4v) is 2.14. The Labute approximate surface area is 104 Å². The highest BCUT2D eigenvalue weighted by Crippen LogP contribution is 2.23. The van der Waals surface area contributed by atoms with Crippen LogP contribution in [0.25, 0.3) is 16.9 Å². The minimum Gasteiger partial charge on any atom is -0.300 e. The van der Waals surface area contributed by atoms with E-state index in [0.717, 1.165) is 21.9 Å². The molecule has 2 aromatic heterocycles. The van der Waals surface area contributed by atoms with E-state index in [1.54, 1.807) is 0 Å². The van der Waals surface area contributed by atoms with Gasteiger partial charge in [-0.1, -0.05) is 23.7 Å². The van der Waals surface area contributed by atoms with E-state index in [1.807, 2.05) is 36.7 Å². The van der Waals surface area contributed by atoms with E-state index >= 15 is 0 Å². The number of hydrogen-bond donors (Lipinski definition) is 0. The second-order valence-corrected chi connectivity index (χ2v) is 4.53. The summed E-state index contributed by atoms with van der Waals surface area (Å²) in [5, 5.41) is 0.728. The van der Waals surface area contributed by atoms with Crippen molar-refractivity contribution in [3.63, 3.8) is 0 Å². The van der Waals surface area contributed by atoms with Crippen LogP contribution in [0.15, 0.2) is 48.8 Å². The zero-order valence-corrected chi connectivity index (χ0v) is 10.1. The molecule has 0 aliphatic rings. The second-order valence-electron chi connectivity index (χ2n) is 4.09. The van der Waals surface area contributed by atoms with Gasteiger partial charge in [-0.2, -0.15) is 0 Å². The predicted octanol–water partition coefficient (Wildman–Crippen LogP) is 3.96. The fraction of sp³-hybridized carbons (Fsp3) is 0.0714. The molecule has 0 N–H and O–H groups in total. The summed E-state index contributed by atoms with van der Waals surface area (Å²) < 4.78 is 2.07. The molecule has 17 heavy (non-hydrogen) atoms. The van der Waals surface area contributed by atoms with Crippen LogP contribution >= 0.6 is 11.6 Å². The fourth-order valence-electron chi connectivity index (χ4n) is 1.95. The molecule has 0 amide bonds. The molecule has 2 heterocycles. The van der Waals surface area contributed by atoms with Crippen LogP contribution in [0.3, 0.4) is 0 Å². The van der Waals surface area contributed by atoms with Crippen LogP contribution in [-0.2, 0) is 0 Å². The maximum absolute atomic E-state index is 6.00. The van der Waals surface area contributed by atoms with Gasteiger partial charge in [-0.15, -0.1) is 0 Å². The van der Waals surface area contributed by atoms with Crippen LogP contribution in [0, 0.1) is 6.92 Å². The molecular weight excluding hydrogens is 232 g/mol. The topological polar surface area (TPSA) is 17.3 Å². The van der Waals surface area contributed by atoms with Crippen molar-refractivity contribution in [2.45, 2.75) is 6.92 Å². The van der Waals surface area contributed by atoms with Gasteiger partial charge in [0.15, 0.2) is 0 Å². The summed E-state index contributed by atoms with van der Waals surface area (Å²) in [5.74, 6) is 0.919. The molecule has 0 spiro atoms. The minimum absolute atomic E-state index is 0.728. The summed E-state index contributed by atoms with van der Waals surface area (Å²) in [6, 6.07) is 11.9. The molecule has 84 valence electrons. The van der Waals surface area contributed by atoms with Crippen LogP contribution in [-0.4, -0.2) is 9.38 Å². The Kier molecular flexibility index (Phi) is 2.37. The molecule has 1 aromatic carbocycles. The molecule has 0 bridgehead atoms. The maximum Gasteiger partial charge on any atom is 0.144 e. The Bertz CT molecular complexity index is 686. The Balaban J connectivity index is 2.24. The first-order valence-electron chi connectivity index (χ1n) is 5.44. The van der Waals surface area contributed by atoms with Crippen molar-refractivity contribution in [3.8, 4) is 11.4 Å². The lowest BCUT2D eigenvalue weighted by Gasteiger charge is -2.02. The number of aryl methyl sites for hydroxylation is 1. The van der Waals surface area contributed by atoms with Crippen LogP contribution in [0.5, 0.6) is 0 Å². The molecule has 0 fully saturated rings. The van der Waals surface area contributed by atoms with E-state index in [2.05, 4.69) is 28.4 Å². The predicted molar refractivity (Wildman–Crippen MR) is 70.4 cm³/mol. The van der Waals surface area contributed by atoms with Gasteiger partial charge < -0.3 is 0 Å². The van der Waals surface area contributed by atoms with E-state index in [9.17, 15) is 0 Å². The van der Waals surface area contributed by atoms with Crippen molar-refractivity contribution in [3.05, 3.63) is 59.4 Å². The number of nitrogens with zero attached hydrogens (tertiary/aromatic N) is 2. The third-order valence-corrected chi connectivity index (χ3v) is 3.01. The lowest BCUT2D eigenvalue weighted by Crippen LogP contribution is -1.89. The van der Waals surface area contributed by atoms with E-state index < -0.39 is 0 Å². The van der Waals surface area contributed by atoms with E-state index in [4.69, 9.17) is 11.6 Å². The number of imidazole rings is 1. The van der Waals surface area contributed by atoms with Gasteiger partial charge >= 0.3 is 0 Å². The van der Waals surface area contributed by atoms with Crippen LogP contribution < -0.4 is 0 Å². The molecule has 0 atom stereocenters. The normalized spacial score (nSPS) is 10.9. The highest BCUT2D eigenvalue weighted by molar-refractivity contribution is 6.30. The molecular formula is C14H11ClN2. The quantitative estimate of drug-likeness (QED) is 0.631. The number of benzene rings is 1. The van der Waals surface area contributed by atoms with E-state index in [0.29, 0.717) is 0 Å². The Morgan fingerprint density at radius 2 is 2.06 bits per heavy atom. The second kappa shape index (κ2) is 3.90. The third-order valence-electron chi connectivity index (χ3n) is 2.77. The Morgan fingerprint density at radius 3 is 2.88 bits per heavy atom. The van der Waals surface area contributed by atoms with Gasteiger partial charge in [0.1, 0.15) is 5.82 Å². The first kappa shape index (κ1) is 10.4. The lowest BCUT2D eigenvalue weighted by molar-refractivity contribution is 1.15. The van der Waals surface area contributed by atoms with Crippen molar-refractivity contribution < 1.29 is 0 Å². The van der Waals surface area contributed by atoms with Gasteiger partial charge in [-0.25, -0.2) is 4.98 Å². The van der Waals surface area contributed by atoms with Crippen molar-refractivity contribution >= 4 is 17.1 Å². The first-order chi connectivity index (χ1) is 8.24. The summed E-state index contributed by atoms with van der Waals surface area (Å²) in [4.78, 5) is 4.45. The van der Waals surface area contributed by atoms with Crippen molar-refractivity contribution in [1.82, 2.24) is 9.38 Å². The van der Waals surface area contributed by atoms with E-state index in [1.165, 1.54) is 5.56 Å². The van der Waals surface area contributed by atoms with Crippen LogP contribution in [0.4, 0.5) is 0 Å². The number of aromatic nitrogens is 2. The van der Waals surface area contributed by atoms with Gasteiger partial charge in [0.2, 0.25) is 0 Å². The molecule has 0 radical (unpaired) electrons. The van der Waals surface area contributed by atoms with Crippen molar-refractivity contribution in [2.24, 2.45) is 0 Å². The van der Waals surface area contributed by atoms with Crippen LogP contribution in [0.2, 0.25) is 5.02 Å². The van der Waals surface area contributed by atoms with E-state index in [-0.39, 0.29) is 0 Å². The average Bonchev–Trinajstić information content (AvgIpc) is 2.71. The minimum atomic E-state index is 0.728. The number of halogens is 1. The average molecular weight is 243 g/mol. The molecule has 3 heteroatoms. The lowest BCUT2D eigenvalue weighted by atomic mass is 10.2. The first-order valence-corrected chi connectivity index (χ1v) is 5.81.